The van der Waals surface area contributed by atoms with Gasteiger partial charge in [0.2, 0.25) is 5.91 Å². The van der Waals surface area contributed by atoms with Gasteiger partial charge in [-0.25, -0.2) is 0 Å². The lowest BCUT2D eigenvalue weighted by atomic mass is 9.49. The van der Waals surface area contributed by atoms with Crippen molar-refractivity contribution in [2.75, 3.05) is 13.1 Å². The zero-order chi connectivity index (χ0) is 18.7. The van der Waals surface area contributed by atoms with E-state index in [4.69, 9.17) is 0 Å². The fraction of sp³-hybridized carbons (Fsp3) is 0.750. The Hall–Kier alpha value is -1.38. The molecule has 3 heteroatoms. The average Bonchev–Trinajstić information content (AvgIpc) is 2.64. The van der Waals surface area contributed by atoms with Crippen LogP contribution in [0.15, 0.2) is 24.5 Å². The molecule has 3 nitrogen and oxygen atoms in total. The molecule has 1 aromatic rings. The predicted molar refractivity (Wildman–Crippen MR) is 109 cm³/mol. The molecule has 0 unspecified atom stereocenters. The van der Waals surface area contributed by atoms with Crippen LogP contribution < -0.4 is 0 Å². The first-order valence-corrected chi connectivity index (χ1v) is 11.3. The summed E-state index contributed by atoms with van der Waals surface area (Å²) in [7, 11) is 0. The number of aryl methyl sites for hydroxylation is 1. The molecular weight excluding hydrogens is 332 g/mol. The molecule has 4 aliphatic carbocycles. The summed E-state index contributed by atoms with van der Waals surface area (Å²) in [6.07, 6.45) is 17.3. The van der Waals surface area contributed by atoms with Crippen molar-refractivity contribution in [3.05, 3.63) is 30.1 Å². The van der Waals surface area contributed by atoms with Crippen LogP contribution in [0.4, 0.5) is 0 Å². The Bertz CT molecular complexity index is 591. The van der Waals surface area contributed by atoms with Crippen molar-refractivity contribution in [2.24, 2.45) is 23.2 Å². The number of aromatic nitrogens is 1. The van der Waals surface area contributed by atoms with Gasteiger partial charge in [0.1, 0.15) is 0 Å². The Morgan fingerprint density at radius 3 is 2.30 bits per heavy atom. The smallest absolute Gasteiger partial charge is 0.222 e. The SMILES string of the molecule is CCCN(CC12CC3CC(CC(C3)C1)C2)C(=O)CCCCc1ccncc1. The van der Waals surface area contributed by atoms with Crippen molar-refractivity contribution >= 4 is 5.91 Å². The summed E-state index contributed by atoms with van der Waals surface area (Å²) in [6, 6.07) is 4.16. The number of nitrogens with zero attached hydrogens (tertiary/aromatic N) is 2. The third kappa shape index (κ3) is 4.55. The quantitative estimate of drug-likeness (QED) is 0.558. The summed E-state index contributed by atoms with van der Waals surface area (Å²) < 4.78 is 0. The van der Waals surface area contributed by atoms with Crippen LogP contribution in [0.3, 0.4) is 0 Å². The second-order valence-electron chi connectivity index (χ2n) is 9.80. The van der Waals surface area contributed by atoms with Crippen molar-refractivity contribution in [1.29, 1.82) is 0 Å². The van der Waals surface area contributed by atoms with Gasteiger partial charge in [0.15, 0.2) is 0 Å². The number of carbonyl (C=O) groups excluding carboxylic acids is 1. The second-order valence-corrected chi connectivity index (χ2v) is 9.80. The first-order chi connectivity index (χ1) is 13.2. The Morgan fingerprint density at radius 2 is 1.70 bits per heavy atom. The maximum absolute atomic E-state index is 13.0. The minimum absolute atomic E-state index is 0.405. The molecule has 1 heterocycles. The Morgan fingerprint density at radius 1 is 1.07 bits per heavy atom. The summed E-state index contributed by atoms with van der Waals surface area (Å²) in [5.74, 6) is 3.31. The van der Waals surface area contributed by atoms with Crippen LogP contribution in [0, 0.1) is 23.2 Å². The zero-order valence-corrected chi connectivity index (χ0v) is 17.0. The summed E-state index contributed by atoms with van der Waals surface area (Å²) >= 11 is 0. The van der Waals surface area contributed by atoms with E-state index in [9.17, 15) is 4.79 Å². The van der Waals surface area contributed by atoms with Crippen LogP contribution in [-0.4, -0.2) is 28.9 Å². The summed E-state index contributed by atoms with van der Waals surface area (Å²) in [4.78, 5) is 19.3. The Kier molecular flexibility index (Phi) is 5.85. The van der Waals surface area contributed by atoms with E-state index in [0.717, 1.165) is 62.9 Å². The van der Waals surface area contributed by atoms with Crippen molar-refractivity contribution < 1.29 is 4.79 Å². The lowest BCUT2D eigenvalue weighted by Crippen LogP contribution is -2.52. The van der Waals surface area contributed by atoms with Gasteiger partial charge in [0.25, 0.3) is 0 Å². The molecule has 0 spiro atoms. The van der Waals surface area contributed by atoms with Crippen molar-refractivity contribution in [3.8, 4) is 0 Å². The molecule has 4 saturated carbocycles. The van der Waals surface area contributed by atoms with Gasteiger partial charge in [-0.1, -0.05) is 6.92 Å². The topological polar surface area (TPSA) is 33.2 Å². The number of unbranched alkanes of at least 4 members (excludes halogenated alkanes) is 1. The highest BCUT2D eigenvalue weighted by Gasteiger charge is 2.51. The van der Waals surface area contributed by atoms with Gasteiger partial charge in [0, 0.05) is 31.9 Å². The standard InChI is InChI=1S/C24H36N2O/c1-2-11-26(23(27)6-4-3-5-19-7-9-25-10-8-19)18-24-15-20-12-21(16-24)14-22(13-20)17-24/h7-10,20-22H,2-6,11-18H2,1H3. The van der Waals surface area contributed by atoms with E-state index in [1.165, 1.54) is 44.1 Å². The molecule has 0 saturated heterocycles. The third-order valence-electron chi connectivity index (χ3n) is 7.39. The molecular formula is C24H36N2O. The van der Waals surface area contributed by atoms with Gasteiger partial charge in [-0.15, -0.1) is 0 Å². The number of amides is 1. The first-order valence-electron chi connectivity index (χ1n) is 11.3. The summed E-state index contributed by atoms with van der Waals surface area (Å²) in [5, 5.41) is 0. The zero-order valence-electron chi connectivity index (χ0n) is 17.0. The summed E-state index contributed by atoms with van der Waals surface area (Å²) in [6.45, 7) is 4.21. The molecule has 0 N–H and O–H groups in total. The molecule has 148 valence electrons. The molecule has 4 bridgehead atoms. The second kappa shape index (κ2) is 8.32. The first kappa shape index (κ1) is 19.0. The fourth-order valence-electron chi connectivity index (χ4n) is 6.76. The van der Waals surface area contributed by atoms with Gasteiger partial charge in [-0.2, -0.15) is 0 Å². The molecule has 1 amide bonds. The highest BCUT2D eigenvalue weighted by molar-refractivity contribution is 5.76. The van der Waals surface area contributed by atoms with Crippen LogP contribution in [0.25, 0.3) is 0 Å². The van der Waals surface area contributed by atoms with E-state index in [0.29, 0.717) is 11.3 Å². The number of hydrogen-bond acceptors (Lipinski definition) is 2. The predicted octanol–water partition coefficient (Wildman–Crippen LogP) is 5.25. The normalized spacial score (nSPS) is 31.2. The Balaban J connectivity index is 1.29. The lowest BCUT2D eigenvalue weighted by Gasteiger charge is -2.57. The van der Waals surface area contributed by atoms with Gasteiger partial charge in [0.05, 0.1) is 0 Å². The lowest BCUT2D eigenvalue weighted by molar-refractivity contribution is -0.137. The molecule has 4 aliphatic rings. The van der Waals surface area contributed by atoms with Crippen LogP contribution in [-0.2, 0) is 11.2 Å². The van der Waals surface area contributed by atoms with Crippen LogP contribution >= 0.6 is 0 Å². The van der Waals surface area contributed by atoms with E-state index in [1.807, 2.05) is 12.4 Å². The molecule has 0 aromatic carbocycles. The Labute approximate surface area is 164 Å². The average molecular weight is 369 g/mol. The van der Waals surface area contributed by atoms with Crippen molar-refractivity contribution in [3.63, 3.8) is 0 Å². The van der Waals surface area contributed by atoms with Crippen LogP contribution in [0.1, 0.15) is 76.7 Å². The molecule has 4 fully saturated rings. The van der Waals surface area contributed by atoms with Gasteiger partial charge < -0.3 is 4.90 Å². The minimum atomic E-state index is 0.405. The fourth-order valence-corrected chi connectivity index (χ4v) is 6.76. The van der Waals surface area contributed by atoms with Gasteiger partial charge in [-0.3, -0.25) is 9.78 Å². The van der Waals surface area contributed by atoms with Crippen LogP contribution in [0.2, 0.25) is 0 Å². The number of carbonyl (C=O) groups is 1. The monoisotopic (exact) mass is 368 g/mol. The third-order valence-corrected chi connectivity index (χ3v) is 7.39. The number of rotatable bonds is 9. The largest absolute Gasteiger partial charge is 0.342 e. The van der Waals surface area contributed by atoms with Crippen LogP contribution in [0.5, 0.6) is 0 Å². The molecule has 1 aromatic heterocycles. The molecule has 0 radical (unpaired) electrons. The number of hydrogen-bond donors (Lipinski definition) is 0. The van der Waals surface area contributed by atoms with E-state index in [2.05, 4.69) is 28.9 Å². The van der Waals surface area contributed by atoms with Crippen molar-refractivity contribution in [1.82, 2.24) is 9.88 Å². The van der Waals surface area contributed by atoms with E-state index >= 15 is 0 Å². The van der Waals surface area contributed by atoms with E-state index in [-0.39, 0.29) is 0 Å². The minimum Gasteiger partial charge on any atom is -0.342 e. The maximum atomic E-state index is 13.0. The van der Waals surface area contributed by atoms with Crippen molar-refractivity contribution in [2.45, 2.75) is 77.6 Å². The molecule has 0 atom stereocenters. The van der Waals surface area contributed by atoms with Gasteiger partial charge >= 0.3 is 0 Å². The van der Waals surface area contributed by atoms with E-state index < -0.39 is 0 Å². The van der Waals surface area contributed by atoms with Gasteiger partial charge in [-0.05, 0) is 105 Å². The molecule has 0 aliphatic heterocycles. The number of pyridine rings is 1. The molecule has 27 heavy (non-hydrogen) atoms. The highest BCUT2D eigenvalue weighted by Crippen LogP contribution is 2.60. The highest BCUT2D eigenvalue weighted by atomic mass is 16.2. The molecule has 5 rings (SSSR count). The maximum Gasteiger partial charge on any atom is 0.222 e. The van der Waals surface area contributed by atoms with E-state index in [1.54, 1.807) is 0 Å². The summed E-state index contributed by atoms with van der Waals surface area (Å²) in [5.41, 5.74) is 1.80.